The second kappa shape index (κ2) is 6.15. The van der Waals surface area contributed by atoms with Gasteiger partial charge in [0.2, 0.25) is 0 Å². The van der Waals surface area contributed by atoms with Crippen LogP contribution in [0.4, 0.5) is 10.1 Å². The maximum atomic E-state index is 13.1. The molecule has 0 fully saturated rings. The highest BCUT2D eigenvalue weighted by atomic mass is 79.9. The third-order valence-corrected chi connectivity index (χ3v) is 5.14. The lowest BCUT2D eigenvalue weighted by Crippen LogP contribution is -2.15. The van der Waals surface area contributed by atoms with Gasteiger partial charge in [-0.3, -0.25) is 4.72 Å². The molecular weight excluding hydrogens is 357 g/mol. The molecule has 2 rings (SSSR count). The predicted molar refractivity (Wildman–Crippen MR) is 85.5 cm³/mol. The van der Waals surface area contributed by atoms with Gasteiger partial charge in [0.25, 0.3) is 10.0 Å². The topological polar surface area (TPSA) is 46.2 Å². The normalized spacial score (nSPS) is 11.4. The van der Waals surface area contributed by atoms with Crippen LogP contribution < -0.4 is 4.72 Å². The summed E-state index contributed by atoms with van der Waals surface area (Å²) in [6, 6.07) is 8.97. The highest BCUT2D eigenvalue weighted by Crippen LogP contribution is 2.25. The molecule has 0 heterocycles. The van der Waals surface area contributed by atoms with Crippen molar-refractivity contribution >= 4 is 31.6 Å². The van der Waals surface area contributed by atoms with Crippen molar-refractivity contribution in [3.63, 3.8) is 0 Å². The number of rotatable bonds is 4. The molecule has 0 spiro atoms. The molecule has 112 valence electrons. The smallest absolute Gasteiger partial charge is 0.262 e. The van der Waals surface area contributed by atoms with E-state index in [2.05, 4.69) is 20.7 Å². The highest BCUT2D eigenvalue weighted by Gasteiger charge is 2.18. The van der Waals surface area contributed by atoms with Crippen molar-refractivity contribution in [2.24, 2.45) is 0 Å². The van der Waals surface area contributed by atoms with E-state index in [0.717, 1.165) is 16.1 Å². The van der Waals surface area contributed by atoms with Gasteiger partial charge < -0.3 is 0 Å². The van der Waals surface area contributed by atoms with Crippen molar-refractivity contribution in [2.75, 3.05) is 4.72 Å². The minimum atomic E-state index is -3.74. The summed E-state index contributed by atoms with van der Waals surface area (Å²) in [6.45, 7) is 3.52. The van der Waals surface area contributed by atoms with Gasteiger partial charge in [-0.05, 0) is 60.9 Å². The van der Waals surface area contributed by atoms with E-state index in [-0.39, 0.29) is 4.90 Å². The molecule has 2 aromatic rings. The maximum Gasteiger partial charge on any atom is 0.262 e. The molecule has 0 saturated carbocycles. The molecule has 0 bridgehead atoms. The fourth-order valence-corrected chi connectivity index (χ4v) is 3.81. The number of halogens is 2. The molecule has 2 aromatic carbocycles. The zero-order chi connectivity index (χ0) is 15.6. The molecule has 6 heteroatoms. The van der Waals surface area contributed by atoms with Crippen LogP contribution in [0.15, 0.2) is 45.8 Å². The number of anilines is 1. The first kappa shape index (κ1) is 16.0. The Labute approximate surface area is 132 Å². The third kappa shape index (κ3) is 3.63. The Bertz CT molecular complexity index is 775. The molecule has 0 atom stereocenters. The van der Waals surface area contributed by atoms with Crippen LogP contribution >= 0.6 is 15.9 Å². The summed E-state index contributed by atoms with van der Waals surface area (Å²) in [4.78, 5) is 0.0777. The van der Waals surface area contributed by atoms with Crippen LogP contribution in [-0.4, -0.2) is 8.42 Å². The zero-order valence-electron chi connectivity index (χ0n) is 11.7. The summed E-state index contributed by atoms with van der Waals surface area (Å²) in [5.41, 5.74) is 1.79. The molecule has 0 aliphatic carbocycles. The first-order valence-corrected chi connectivity index (χ1v) is 8.68. The van der Waals surface area contributed by atoms with Crippen LogP contribution in [0.2, 0.25) is 0 Å². The molecule has 0 aliphatic heterocycles. The molecule has 0 radical (unpaired) electrons. The summed E-state index contributed by atoms with van der Waals surface area (Å²) < 4.78 is 41.4. The lowest BCUT2D eigenvalue weighted by Gasteiger charge is -2.13. The standard InChI is InChI=1S/C15H15BrFNO2S/c1-3-11-9-12(16)4-6-14(11)18-21(19,20)15-7-5-13(17)8-10(15)2/h4-9,18H,3H2,1-2H3. The molecule has 0 saturated heterocycles. The van der Waals surface area contributed by atoms with Crippen LogP contribution in [0.1, 0.15) is 18.1 Å². The van der Waals surface area contributed by atoms with Gasteiger partial charge in [0.15, 0.2) is 0 Å². The average Bonchev–Trinajstić information content (AvgIpc) is 2.40. The molecule has 0 amide bonds. The van der Waals surface area contributed by atoms with E-state index in [0.29, 0.717) is 17.7 Å². The van der Waals surface area contributed by atoms with E-state index < -0.39 is 15.8 Å². The Morgan fingerprint density at radius 1 is 1.19 bits per heavy atom. The lowest BCUT2D eigenvalue weighted by molar-refractivity contribution is 0.598. The fourth-order valence-electron chi connectivity index (χ4n) is 2.07. The van der Waals surface area contributed by atoms with Gasteiger partial charge in [0.1, 0.15) is 5.82 Å². The Kier molecular flexibility index (Phi) is 4.68. The van der Waals surface area contributed by atoms with E-state index in [1.54, 1.807) is 19.1 Å². The van der Waals surface area contributed by atoms with Gasteiger partial charge in [-0.2, -0.15) is 0 Å². The summed E-state index contributed by atoms with van der Waals surface area (Å²) in [5.74, 6) is -0.454. The lowest BCUT2D eigenvalue weighted by atomic mass is 10.1. The van der Waals surface area contributed by atoms with Crippen molar-refractivity contribution in [3.8, 4) is 0 Å². The van der Waals surface area contributed by atoms with Crippen LogP contribution in [0.5, 0.6) is 0 Å². The summed E-state index contributed by atoms with van der Waals surface area (Å²) in [5, 5.41) is 0. The Balaban J connectivity index is 2.42. The number of aryl methyl sites for hydroxylation is 2. The monoisotopic (exact) mass is 371 g/mol. The van der Waals surface area contributed by atoms with E-state index in [1.807, 2.05) is 13.0 Å². The number of nitrogens with one attached hydrogen (secondary N) is 1. The van der Waals surface area contributed by atoms with E-state index in [4.69, 9.17) is 0 Å². The second-order valence-electron chi connectivity index (χ2n) is 4.67. The quantitative estimate of drug-likeness (QED) is 0.872. The van der Waals surface area contributed by atoms with Crippen LogP contribution in [0.25, 0.3) is 0 Å². The third-order valence-electron chi connectivity index (χ3n) is 3.12. The number of hydrogen-bond acceptors (Lipinski definition) is 2. The first-order chi connectivity index (χ1) is 9.83. The molecule has 0 unspecified atom stereocenters. The molecular formula is C15H15BrFNO2S. The van der Waals surface area contributed by atoms with Crippen molar-refractivity contribution in [1.82, 2.24) is 0 Å². The first-order valence-electron chi connectivity index (χ1n) is 6.41. The largest absolute Gasteiger partial charge is 0.279 e. The minimum absolute atomic E-state index is 0.0777. The van der Waals surface area contributed by atoms with Gasteiger partial charge in [-0.1, -0.05) is 22.9 Å². The van der Waals surface area contributed by atoms with Crippen LogP contribution in [-0.2, 0) is 16.4 Å². The van der Waals surface area contributed by atoms with Crippen molar-refractivity contribution < 1.29 is 12.8 Å². The van der Waals surface area contributed by atoms with Gasteiger partial charge in [-0.25, -0.2) is 12.8 Å². The van der Waals surface area contributed by atoms with Gasteiger partial charge in [-0.15, -0.1) is 0 Å². The van der Waals surface area contributed by atoms with E-state index in [1.165, 1.54) is 12.1 Å². The SMILES string of the molecule is CCc1cc(Br)ccc1NS(=O)(=O)c1ccc(F)cc1C. The molecule has 3 nitrogen and oxygen atoms in total. The number of hydrogen-bond donors (Lipinski definition) is 1. The Hall–Kier alpha value is -1.40. The highest BCUT2D eigenvalue weighted by molar-refractivity contribution is 9.10. The summed E-state index contributed by atoms with van der Waals surface area (Å²) in [7, 11) is -3.74. The van der Waals surface area contributed by atoms with Crippen LogP contribution in [0.3, 0.4) is 0 Å². The van der Waals surface area contributed by atoms with Crippen molar-refractivity contribution in [2.45, 2.75) is 25.2 Å². The number of benzene rings is 2. The molecule has 0 aromatic heterocycles. The van der Waals surface area contributed by atoms with Crippen LogP contribution in [0, 0.1) is 12.7 Å². The van der Waals surface area contributed by atoms with Crippen molar-refractivity contribution in [3.05, 3.63) is 57.8 Å². The summed E-state index contributed by atoms with van der Waals surface area (Å²) >= 11 is 3.36. The minimum Gasteiger partial charge on any atom is -0.279 e. The van der Waals surface area contributed by atoms with E-state index in [9.17, 15) is 12.8 Å². The number of sulfonamides is 1. The Morgan fingerprint density at radius 3 is 2.52 bits per heavy atom. The summed E-state index contributed by atoms with van der Waals surface area (Å²) in [6.07, 6.45) is 0.694. The Morgan fingerprint density at radius 2 is 1.90 bits per heavy atom. The second-order valence-corrected chi connectivity index (χ2v) is 7.24. The zero-order valence-corrected chi connectivity index (χ0v) is 14.1. The van der Waals surface area contributed by atoms with Gasteiger partial charge >= 0.3 is 0 Å². The average molecular weight is 372 g/mol. The van der Waals surface area contributed by atoms with Crippen molar-refractivity contribution in [1.29, 1.82) is 0 Å². The van der Waals surface area contributed by atoms with E-state index >= 15 is 0 Å². The van der Waals surface area contributed by atoms with Gasteiger partial charge in [0, 0.05) is 4.47 Å². The fraction of sp³-hybridized carbons (Fsp3) is 0.200. The predicted octanol–water partition coefficient (Wildman–Crippen LogP) is 4.26. The molecule has 21 heavy (non-hydrogen) atoms. The molecule has 0 aliphatic rings. The molecule has 1 N–H and O–H groups in total. The van der Waals surface area contributed by atoms with Gasteiger partial charge in [0.05, 0.1) is 10.6 Å². The maximum absolute atomic E-state index is 13.1.